The Morgan fingerprint density at radius 3 is 3.07 bits per heavy atom. The Bertz CT molecular complexity index is 612. The first-order chi connectivity index (χ1) is 7.33. The topological polar surface area (TPSA) is 69.6 Å². The van der Waals surface area contributed by atoms with Crippen molar-refractivity contribution in [2.75, 3.05) is 0 Å². The molecule has 74 valence electrons. The molecule has 3 rings (SSSR count). The molecule has 6 nitrogen and oxygen atoms in total. The van der Waals surface area contributed by atoms with Crippen LogP contribution in [0, 0.1) is 6.92 Å². The fourth-order valence-electron chi connectivity index (χ4n) is 1.36. The smallest absolute Gasteiger partial charge is 0.181 e. The first-order valence-corrected chi connectivity index (χ1v) is 4.43. The van der Waals surface area contributed by atoms with Gasteiger partial charge in [-0.25, -0.2) is 4.98 Å². The minimum Gasteiger partial charge on any atom is -0.443 e. The van der Waals surface area contributed by atoms with E-state index in [4.69, 9.17) is 4.42 Å². The van der Waals surface area contributed by atoms with E-state index in [1.54, 1.807) is 6.92 Å². The SMILES string of the molecule is Cc1nnn(-c2ccc3ocnc3c2)n1. The molecule has 0 unspecified atom stereocenters. The summed E-state index contributed by atoms with van der Waals surface area (Å²) in [6.45, 7) is 1.79. The number of aromatic nitrogens is 5. The summed E-state index contributed by atoms with van der Waals surface area (Å²) < 4.78 is 5.14. The lowest BCUT2D eigenvalue weighted by Crippen LogP contribution is -1.98. The lowest BCUT2D eigenvalue weighted by molar-refractivity contribution is 0.602. The molecule has 3 aromatic rings. The van der Waals surface area contributed by atoms with E-state index in [1.165, 1.54) is 11.2 Å². The van der Waals surface area contributed by atoms with Crippen LogP contribution in [0.2, 0.25) is 0 Å². The highest BCUT2D eigenvalue weighted by Crippen LogP contribution is 2.15. The van der Waals surface area contributed by atoms with Gasteiger partial charge in [-0.3, -0.25) is 0 Å². The van der Waals surface area contributed by atoms with Gasteiger partial charge in [0.2, 0.25) is 0 Å². The zero-order chi connectivity index (χ0) is 10.3. The number of fused-ring (bicyclic) bond motifs is 1. The maximum atomic E-state index is 5.14. The van der Waals surface area contributed by atoms with Crippen LogP contribution in [0.25, 0.3) is 16.8 Å². The van der Waals surface area contributed by atoms with Crippen LogP contribution in [0.4, 0.5) is 0 Å². The molecular formula is C9H7N5O. The lowest BCUT2D eigenvalue weighted by Gasteiger charge is -1.96. The molecule has 0 N–H and O–H groups in total. The number of aryl methyl sites for hydroxylation is 1. The van der Waals surface area contributed by atoms with E-state index in [0.29, 0.717) is 5.82 Å². The van der Waals surface area contributed by atoms with Crippen molar-refractivity contribution in [3.8, 4) is 5.69 Å². The average Bonchev–Trinajstić information content (AvgIpc) is 2.84. The highest BCUT2D eigenvalue weighted by Gasteiger charge is 2.04. The minimum atomic E-state index is 0.634. The summed E-state index contributed by atoms with van der Waals surface area (Å²) in [5, 5.41) is 11.8. The largest absolute Gasteiger partial charge is 0.443 e. The van der Waals surface area contributed by atoms with Crippen LogP contribution in [-0.2, 0) is 0 Å². The van der Waals surface area contributed by atoms with Crippen molar-refractivity contribution in [1.29, 1.82) is 0 Å². The van der Waals surface area contributed by atoms with Crippen LogP contribution in [0.3, 0.4) is 0 Å². The summed E-state index contributed by atoms with van der Waals surface area (Å²) in [5.41, 5.74) is 2.34. The fourth-order valence-corrected chi connectivity index (χ4v) is 1.36. The average molecular weight is 201 g/mol. The maximum absolute atomic E-state index is 5.14. The Labute approximate surface area is 84.5 Å². The lowest BCUT2D eigenvalue weighted by atomic mass is 10.3. The van der Waals surface area contributed by atoms with E-state index in [1.807, 2.05) is 18.2 Å². The number of hydrogen-bond acceptors (Lipinski definition) is 5. The normalized spacial score (nSPS) is 11.0. The first-order valence-electron chi connectivity index (χ1n) is 4.43. The molecule has 0 bridgehead atoms. The second-order valence-corrected chi connectivity index (χ2v) is 3.13. The second kappa shape index (κ2) is 2.88. The Balaban J connectivity index is 2.18. The van der Waals surface area contributed by atoms with Crippen LogP contribution in [-0.4, -0.2) is 25.2 Å². The van der Waals surface area contributed by atoms with Crippen molar-refractivity contribution in [2.24, 2.45) is 0 Å². The number of benzene rings is 1. The number of nitrogens with zero attached hydrogens (tertiary/aromatic N) is 5. The molecule has 0 spiro atoms. The summed E-state index contributed by atoms with van der Waals surface area (Å²) in [6, 6.07) is 5.53. The minimum absolute atomic E-state index is 0.634. The van der Waals surface area contributed by atoms with Gasteiger partial charge in [0, 0.05) is 0 Å². The van der Waals surface area contributed by atoms with Gasteiger partial charge in [0.05, 0.1) is 5.69 Å². The molecule has 0 aliphatic rings. The summed E-state index contributed by atoms with van der Waals surface area (Å²) in [6.07, 6.45) is 1.41. The number of hydrogen-bond donors (Lipinski definition) is 0. The third-order valence-electron chi connectivity index (χ3n) is 2.06. The van der Waals surface area contributed by atoms with Gasteiger partial charge in [0.25, 0.3) is 0 Å². The third kappa shape index (κ3) is 1.26. The van der Waals surface area contributed by atoms with E-state index in [0.717, 1.165) is 16.8 Å². The molecule has 1 aromatic carbocycles. The van der Waals surface area contributed by atoms with Crippen LogP contribution in [0.1, 0.15) is 5.82 Å². The predicted molar refractivity (Wildman–Crippen MR) is 51.5 cm³/mol. The van der Waals surface area contributed by atoms with Gasteiger partial charge in [0.15, 0.2) is 17.8 Å². The molecule has 0 amide bonds. The molecule has 0 saturated carbocycles. The monoisotopic (exact) mass is 201 g/mol. The van der Waals surface area contributed by atoms with Crippen LogP contribution in [0.15, 0.2) is 29.0 Å². The maximum Gasteiger partial charge on any atom is 0.181 e. The van der Waals surface area contributed by atoms with Crippen molar-refractivity contribution < 1.29 is 4.42 Å². The highest BCUT2D eigenvalue weighted by molar-refractivity contribution is 5.74. The van der Waals surface area contributed by atoms with Crippen molar-refractivity contribution >= 4 is 11.1 Å². The Morgan fingerprint density at radius 2 is 2.27 bits per heavy atom. The van der Waals surface area contributed by atoms with Crippen molar-refractivity contribution in [2.45, 2.75) is 6.92 Å². The molecule has 0 aliphatic carbocycles. The Morgan fingerprint density at radius 1 is 1.33 bits per heavy atom. The van der Waals surface area contributed by atoms with Crippen LogP contribution in [0.5, 0.6) is 0 Å². The molecule has 0 radical (unpaired) electrons. The van der Waals surface area contributed by atoms with Gasteiger partial charge in [-0.05, 0) is 30.3 Å². The van der Waals surface area contributed by atoms with Gasteiger partial charge < -0.3 is 4.42 Å². The van der Waals surface area contributed by atoms with Gasteiger partial charge in [-0.2, -0.15) is 0 Å². The zero-order valence-corrected chi connectivity index (χ0v) is 7.95. The van der Waals surface area contributed by atoms with E-state index >= 15 is 0 Å². The molecule has 0 aliphatic heterocycles. The molecule has 6 heteroatoms. The highest BCUT2D eigenvalue weighted by atomic mass is 16.3. The molecular weight excluding hydrogens is 194 g/mol. The molecule has 2 heterocycles. The predicted octanol–water partition coefficient (Wildman–Crippen LogP) is 1.11. The van der Waals surface area contributed by atoms with Gasteiger partial charge in [-0.15, -0.1) is 15.0 Å². The number of oxazole rings is 1. The van der Waals surface area contributed by atoms with Crippen LogP contribution >= 0.6 is 0 Å². The second-order valence-electron chi connectivity index (χ2n) is 3.13. The number of rotatable bonds is 1. The molecule has 0 atom stereocenters. The Hall–Kier alpha value is -2.24. The summed E-state index contributed by atoms with van der Waals surface area (Å²) in [5.74, 6) is 0.634. The summed E-state index contributed by atoms with van der Waals surface area (Å²) in [4.78, 5) is 5.52. The molecule has 0 saturated heterocycles. The first kappa shape index (κ1) is 8.10. The molecule has 2 aromatic heterocycles. The summed E-state index contributed by atoms with van der Waals surface area (Å²) >= 11 is 0. The van der Waals surface area contributed by atoms with Crippen molar-refractivity contribution in [1.82, 2.24) is 25.2 Å². The van der Waals surface area contributed by atoms with Crippen molar-refractivity contribution in [3.05, 3.63) is 30.4 Å². The zero-order valence-electron chi connectivity index (χ0n) is 7.95. The van der Waals surface area contributed by atoms with Crippen molar-refractivity contribution in [3.63, 3.8) is 0 Å². The van der Waals surface area contributed by atoms with Gasteiger partial charge >= 0.3 is 0 Å². The van der Waals surface area contributed by atoms with E-state index in [9.17, 15) is 0 Å². The van der Waals surface area contributed by atoms with Gasteiger partial charge in [0.1, 0.15) is 5.52 Å². The van der Waals surface area contributed by atoms with Crippen LogP contribution < -0.4 is 0 Å². The van der Waals surface area contributed by atoms with E-state index < -0.39 is 0 Å². The molecule has 15 heavy (non-hydrogen) atoms. The quantitative estimate of drug-likeness (QED) is 0.589. The standard InChI is InChI=1S/C9H7N5O/c1-6-11-13-14(12-6)7-2-3-9-8(4-7)10-5-15-9/h2-5H,1H3. The van der Waals surface area contributed by atoms with E-state index in [-0.39, 0.29) is 0 Å². The molecule has 0 fully saturated rings. The van der Waals surface area contributed by atoms with E-state index in [2.05, 4.69) is 20.4 Å². The fraction of sp³-hybridized carbons (Fsp3) is 0.111. The number of tetrazole rings is 1. The summed E-state index contributed by atoms with van der Waals surface area (Å²) in [7, 11) is 0. The van der Waals surface area contributed by atoms with Gasteiger partial charge in [-0.1, -0.05) is 0 Å². The third-order valence-corrected chi connectivity index (χ3v) is 2.06. The Kier molecular flexibility index (Phi) is 1.55.